The molecule has 0 aromatic rings. The Bertz CT molecular complexity index is 373. The maximum Gasteiger partial charge on any atom is 0.0653 e. The van der Waals surface area contributed by atoms with Crippen molar-refractivity contribution < 1.29 is 9.47 Å². The topological polar surface area (TPSA) is 18.5 Å². The molecule has 1 unspecified atom stereocenters. The van der Waals surface area contributed by atoms with Gasteiger partial charge in [-0.05, 0) is 79.6 Å². The van der Waals surface area contributed by atoms with Crippen LogP contribution < -0.4 is 0 Å². The van der Waals surface area contributed by atoms with E-state index in [1.807, 2.05) is 0 Å². The third-order valence-corrected chi connectivity index (χ3v) is 4.49. The van der Waals surface area contributed by atoms with E-state index in [0.29, 0.717) is 12.2 Å². The highest BCUT2D eigenvalue weighted by Crippen LogP contribution is 2.15. The molecule has 1 atom stereocenters. The first-order valence-corrected chi connectivity index (χ1v) is 11.6. The second kappa shape index (κ2) is 19.7. The summed E-state index contributed by atoms with van der Waals surface area (Å²) in [4.78, 5) is 0. The van der Waals surface area contributed by atoms with Crippen molar-refractivity contribution >= 4 is 0 Å². The minimum Gasteiger partial charge on any atom is -0.379 e. The zero-order valence-corrected chi connectivity index (χ0v) is 20.9. The largest absolute Gasteiger partial charge is 0.379 e. The molecule has 0 spiro atoms. The lowest BCUT2D eigenvalue weighted by Crippen LogP contribution is -2.07. The van der Waals surface area contributed by atoms with Crippen LogP contribution in [0.15, 0.2) is 23.3 Å². The summed E-state index contributed by atoms with van der Waals surface area (Å²) in [6.45, 7) is 23.4. The van der Waals surface area contributed by atoms with Gasteiger partial charge >= 0.3 is 0 Å². The van der Waals surface area contributed by atoms with E-state index in [0.717, 1.165) is 37.9 Å². The molecule has 28 heavy (non-hydrogen) atoms. The third-order valence-electron chi connectivity index (χ3n) is 4.49. The normalized spacial score (nSPS) is 13.0. The summed E-state index contributed by atoms with van der Waals surface area (Å²) in [7, 11) is 0. The van der Waals surface area contributed by atoms with Gasteiger partial charge in [-0.15, -0.1) is 0 Å². The average molecular weight is 397 g/mol. The van der Waals surface area contributed by atoms with Gasteiger partial charge < -0.3 is 9.47 Å². The predicted molar refractivity (Wildman–Crippen MR) is 127 cm³/mol. The van der Waals surface area contributed by atoms with Crippen molar-refractivity contribution in [3.8, 4) is 0 Å². The summed E-state index contributed by atoms with van der Waals surface area (Å²) in [5.74, 6) is 1.68. The quantitative estimate of drug-likeness (QED) is 0.274. The van der Waals surface area contributed by atoms with Crippen LogP contribution in [0.4, 0.5) is 0 Å². The third kappa shape index (κ3) is 27.6. The second-order valence-corrected chi connectivity index (χ2v) is 9.39. The first-order valence-electron chi connectivity index (χ1n) is 11.6. The lowest BCUT2D eigenvalue weighted by atomic mass is 9.98. The van der Waals surface area contributed by atoms with E-state index in [1.54, 1.807) is 0 Å². The van der Waals surface area contributed by atoms with Crippen molar-refractivity contribution in [2.75, 3.05) is 13.2 Å². The van der Waals surface area contributed by atoms with Crippen LogP contribution in [-0.4, -0.2) is 25.4 Å². The number of rotatable bonds is 14. The first-order chi connectivity index (χ1) is 13.0. The Labute approximate surface area is 178 Å². The summed E-state index contributed by atoms with van der Waals surface area (Å²) >= 11 is 0. The molecule has 0 N–H and O–H groups in total. The van der Waals surface area contributed by atoms with Crippen LogP contribution in [0.1, 0.15) is 108 Å². The molecule has 0 aromatic heterocycles. The summed E-state index contributed by atoms with van der Waals surface area (Å²) in [5.41, 5.74) is 2.82. The molecule has 0 fully saturated rings. The molecule has 0 aliphatic heterocycles. The van der Waals surface area contributed by atoms with Gasteiger partial charge in [-0.3, -0.25) is 0 Å². The molecule has 0 saturated heterocycles. The summed E-state index contributed by atoms with van der Waals surface area (Å²) in [6.07, 6.45) is 12.8. The Balaban J connectivity index is 0. The van der Waals surface area contributed by atoms with Gasteiger partial charge in [-0.1, -0.05) is 63.3 Å². The summed E-state index contributed by atoms with van der Waals surface area (Å²) in [6, 6.07) is 0. The van der Waals surface area contributed by atoms with E-state index < -0.39 is 0 Å². The molecular weight excluding hydrogens is 344 g/mol. The van der Waals surface area contributed by atoms with Gasteiger partial charge in [0.2, 0.25) is 0 Å². The highest BCUT2D eigenvalue weighted by atomic mass is 16.5. The molecule has 168 valence electrons. The maximum atomic E-state index is 5.54. The van der Waals surface area contributed by atoms with E-state index >= 15 is 0 Å². The van der Waals surface area contributed by atoms with Crippen molar-refractivity contribution in [3.05, 3.63) is 23.3 Å². The van der Waals surface area contributed by atoms with Crippen LogP contribution in [0.2, 0.25) is 0 Å². The fourth-order valence-electron chi connectivity index (χ4n) is 2.60. The highest BCUT2D eigenvalue weighted by molar-refractivity contribution is 5.02. The van der Waals surface area contributed by atoms with Crippen LogP contribution in [-0.2, 0) is 9.47 Å². The maximum absolute atomic E-state index is 5.54. The molecule has 0 radical (unpaired) electrons. The molecular formula is C26H52O2. The lowest BCUT2D eigenvalue weighted by molar-refractivity contribution is 0.0688. The van der Waals surface area contributed by atoms with Crippen molar-refractivity contribution in [1.29, 1.82) is 0 Å². The van der Waals surface area contributed by atoms with Gasteiger partial charge in [-0.2, -0.15) is 0 Å². The summed E-state index contributed by atoms with van der Waals surface area (Å²) < 4.78 is 11.0. The van der Waals surface area contributed by atoms with Crippen molar-refractivity contribution in [2.45, 2.75) is 120 Å². The van der Waals surface area contributed by atoms with E-state index in [2.05, 4.69) is 81.4 Å². The van der Waals surface area contributed by atoms with Crippen LogP contribution >= 0.6 is 0 Å². The average Bonchev–Trinajstić information content (AvgIpc) is 2.54. The first kappa shape index (κ1) is 29.6. The van der Waals surface area contributed by atoms with Crippen molar-refractivity contribution in [3.63, 3.8) is 0 Å². The molecule has 0 saturated carbocycles. The van der Waals surface area contributed by atoms with Crippen molar-refractivity contribution in [2.24, 2.45) is 11.8 Å². The van der Waals surface area contributed by atoms with Crippen LogP contribution in [0.5, 0.6) is 0 Å². The molecule has 0 rings (SSSR count). The zero-order chi connectivity index (χ0) is 21.9. The number of ether oxygens (including phenoxy) is 2. The minimum atomic E-state index is 0.330. The molecule has 0 bridgehead atoms. The van der Waals surface area contributed by atoms with E-state index in [1.165, 1.54) is 36.8 Å². The smallest absolute Gasteiger partial charge is 0.0653 e. The molecule has 0 aliphatic rings. The Morgan fingerprint density at radius 2 is 1.36 bits per heavy atom. The Morgan fingerprint density at radius 1 is 0.750 bits per heavy atom. The van der Waals surface area contributed by atoms with Gasteiger partial charge in [0, 0.05) is 6.61 Å². The van der Waals surface area contributed by atoms with Gasteiger partial charge in [0.15, 0.2) is 0 Å². The van der Waals surface area contributed by atoms with Gasteiger partial charge in [-0.25, -0.2) is 0 Å². The zero-order valence-electron chi connectivity index (χ0n) is 20.9. The van der Waals surface area contributed by atoms with E-state index in [9.17, 15) is 0 Å². The molecule has 0 aromatic carbocycles. The van der Waals surface area contributed by atoms with Crippen LogP contribution in [0.25, 0.3) is 0 Å². The summed E-state index contributed by atoms with van der Waals surface area (Å²) in [5, 5.41) is 0. The fourth-order valence-corrected chi connectivity index (χ4v) is 2.60. The van der Waals surface area contributed by atoms with Gasteiger partial charge in [0.25, 0.3) is 0 Å². The predicted octanol–water partition coefficient (Wildman–Crippen LogP) is 8.37. The van der Waals surface area contributed by atoms with Crippen LogP contribution in [0.3, 0.4) is 0 Å². The molecule has 0 heterocycles. The number of allylic oxidation sites excluding steroid dienone is 3. The fraction of sp³-hybridized carbons (Fsp3) is 0.846. The minimum absolute atomic E-state index is 0.330. The Morgan fingerprint density at radius 3 is 1.86 bits per heavy atom. The Kier molecular flexibility index (Phi) is 20.8. The van der Waals surface area contributed by atoms with Gasteiger partial charge in [0.1, 0.15) is 0 Å². The highest BCUT2D eigenvalue weighted by Gasteiger charge is 2.03. The van der Waals surface area contributed by atoms with Crippen molar-refractivity contribution in [1.82, 2.24) is 0 Å². The monoisotopic (exact) mass is 396 g/mol. The van der Waals surface area contributed by atoms with Crippen LogP contribution in [0, 0.1) is 11.8 Å². The molecule has 2 nitrogen and oxygen atoms in total. The second-order valence-electron chi connectivity index (χ2n) is 9.39. The standard InChI is InChI=1S/C13H28O.C13H24O/c2*1-11(2)7-6-8-13(5)9-10-14-12(3)4/h11-13H,6-10H2,1-5H3;7,9,12H,6,8,10H2,1-5H3/b;13-9+. The molecule has 0 amide bonds. The number of hydrogen-bond acceptors (Lipinski definition) is 2. The van der Waals surface area contributed by atoms with E-state index in [-0.39, 0.29) is 0 Å². The SMILES string of the molecule is CC(C)=CCC/C(C)=C/COC(C)C.CC(C)CCCC(C)CCOC(C)C. The van der Waals surface area contributed by atoms with Gasteiger partial charge in [0.05, 0.1) is 18.8 Å². The Hall–Kier alpha value is -0.600. The molecule has 2 heteroatoms. The number of hydrogen-bond donors (Lipinski definition) is 0. The molecule has 0 aliphatic carbocycles. The lowest BCUT2D eigenvalue weighted by Gasteiger charge is -2.13. The van der Waals surface area contributed by atoms with E-state index in [4.69, 9.17) is 9.47 Å².